The fourth-order valence-electron chi connectivity index (χ4n) is 2.18. The molecule has 0 saturated heterocycles. The third kappa shape index (κ3) is 4.42. The highest BCUT2D eigenvalue weighted by atomic mass is 32.1. The molecule has 1 aromatic carbocycles. The number of amides is 1. The van der Waals surface area contributed by atoms with Crippen molar-refractivity contribution in [1.29, 1.82) is 0 Å². The second-order valence-electron chi connectivity index (χ2n) is 5.64. The number of hydrogen-bond acceptors (Lipinski definition) is 4. The summed E-state index contributed by atoms with van der Waals surface area (Å²) < 4.78 is 5.07. The van der Waals surface area contributed by atoms with Crippen molar-refractivity contribution in [1.82, 2.24) is 5.32 Å². The van der Waals surface area contributed by atoms with Gasteiger partial charge in [0.1, 0.15) is 4.88 Å². The maximum absolute atomic E-state index is 12.0. The Morgan fingerprint density at radius 3 is 2.48 bits per heavy atom. The summed E-state index contributed by atoms with van der Waals surface area (Å²) in [6.45, 7) is 7.57. The smallest absolute Gasteiger partial charge is 0.349 e. The van der Waals surface area contributed by atoms with Crippen molar-refractivity contribution in [3.8, 4) is 0 Å². The van der Waals surface area contributed by atoms with Crippen LogP contribution in [-0.4, -0.2) is 18.5 Å². The Bertz CT molecular complexity index is 721. The number of thiophene rings is 1. The number of rotatable bonds is 5. The molecule has 0 saturated carbocycles. The molecule has 0 fully saturated rings. The number of ether oxygens (including phenoxy) is 1. The summed E-state index contributed by atoms with van der Waals surface area (Å²) in [5.74, 6) is -0.759. The Morgan fingerprint density at radius 1 is 1.13 bits per heavy atom. The van der Waals surface area contributed by atoms with Gasteiger partial charge in [0.25, 0.3) is 5.91 Å². The lowest BCUT2D eigenvalue weighted by Gasteiger charge is -2.15. The first-order chi connectivity index (χ1) is 10.9. The van der Waals surface area contributed by atoms with Crippen LogP contribution in [0.2, 0.25) is 0 Å². The van der Waals surface area contributed by atoms with Crippen LogP contribution in [0, 0.1) is 20.8 Å². The SMILES string of the molecule is Cc1ccc(C(C)NC(=O)COC(=O)c2sccc2C)cc1C. The minimum atomic E-state index is -0.452. The second-order valence-corrected chi connectivity index (χ2v) is 6.56. The van der Waals surface area contributed by atoms with E-state index in [1.807, 2.05) is 51.3 Å². The minimum Gasteiger partial charge on any atom is -0.451 e. The fourth-order valence-corrected chi connectivity index (χ4v) is 3.00. The minimum absolute atomic E-state index is 0.135. The quantitative estimate of drug-likeness (QED) is 0.850. The van der Waals surface area contributed by atoms with Crippen LogP contribution in [0.25, 0.3) is 0 Å². The Morgan fingerprint density at radius 2 is 1.87 bits per heavy atom. The van der Waals surface area contributed by atoms with Crippen LogP contribution in [0.3, 0.4) is 0 Å². The molecule has 122 valence electrons. The molecular formula is C18H21NO3S. The van der Waals surface area contributed by atoms with Gasteiger partial charge in [-0.05, 0) is 61.4 Å². The zero-order valence-electron chi connectivity index (χ0n) is 13.8. The highest BCUT2D eigenvalue weighted by Crippen LogP contribution is 2.18. The van der Waals surface area contributed by atoms with Gasteiger partial charge in [0.2, 0.25) is 0 Å². The van der Waals surface area contributed by atoms with E-state index in [-0.39, 0.29) is 18.6 Å². The molecule has 0 aliphatic carbocycles. The summed E-state index contributed by atoms with van der Waals surface area (Å²) in [5, 5.41) is 4.67. The van der Waals surface area contributed by atoms with Crippen LogP contribution >= 0.6 is 11.3 Å². The van der Waals surface area contributed by atoms with E-state index in [2.05, 4.69) is 11.4 Å². The maximum atomic E-state index is 12.0. The first kappa shape index (κ1) is 17.2. The zero-order chi connectivity index (χ0) is 17.0. The van der Waals surface area contributed by atoms with Crippen LogP contribution < -0.4 is 5.32 Å². The highest BCUT2D eigenvalue weighted by Gasteiger charge is 2.15. The zero-order valence-corrected chi connectivity index (χ0v) is 14.6. The van der Waals surface area contributed by atoms with Gasteiger partial charge in [-0.1, -0.05) is 18.2 Å². The molecule has 5 heteroatoms. The van der Waals surface area contributed by atoms with Gasteiger partial charge in [-0.25, -0.2) is 4.79 Å². The largest absolute Gasteiger partial charge is 0.451 e. The Labute approximate surface area is 140 Å². The molecule has 0 spiro atoms. The molecule has 0 bridgehead atoms. The number of nitrogens with one attached hydrogen (secondary N) is 1. The van der Waals surface area contributed by atoms with Gasteiger partial charge in [0.15, 0.2) is 6.61 Å². The molecule has 1 amide bonds. The van der Waals surface area contributed by atoms with Gasteiger partial charge in [0, 0.05) is 0 Å². The van der Waals surface area contributed by atoms with Crippen molar-refractivity contribution in [2.24, 2.45) is 0 Å². The van der Waals surface area contributed by atoms with Gasteiger partial charge >= 0.3 is 5.97 Å². The highest BCUT2D eigenvalue weighted by molar-refractivity contribution is 7.12. The van der Waals surface area contributed by atoms with E-state index >= 15 is 0 Å². The molecule has 0 radical (unpaired) electrons. The standard InChI is InChI=1S/C18H21NO3S/c1-11-5-6-15(9-13(11)3)14(4)19-16(20)10-22-18(21)17-12(2)7-8-23-17/h5-9,14H,10H2,1-4H3,(H,19,20). The van der Waals surface area contributed by atoms with E-state index in [1.54, 1.807) is 0 Å². The molecule has 0 aliphatic rings. The molecule has 1 aromatic heterocycles. The summed E-state index contributed by atoms with van der Waals surface area (Å²) >= 11 is 1.32. The van der Waals surface area contributed by atoms with Gasteiger partial charge in [-0.15, -0.1) is 11.3 Å². The normalized spacial score (nSPS) is 11.8. The summed E-state index contributed by atoms with van der Waals surface area (Å²) in [6, 6.07) is 7.80. The lowest BCUT2D eigenvalue weighted by Crippen LogP contribution is -2.31. The lowest BCUT2D eigenvalue weighted by atomic mass is 10.0. The van der Waals surface area contributed by atoms with Crippen molar-refractivity contribution in [3.05, 3.63) is 56.8 Å². The third-order valence-corrected chi connectivity index (χ3v) is 4.79. The topological polar surface area (TPSA) is 55.4 Å². The molecule has 0 aliphatic heterocycles. The van der Waals surface area contributed by atoms with Crippen LogP contribution in [-0.2, 0) is 9.53 Å². The summed E-state index contributed by atoms with van der Waals surface area (Å²) in [6.07, 6.45) is 0. The average Bonchev–Trinajstić information content (AvgIpc) is 2.93. The number of benzene rings is 1. The molecule has 2 rings (SSSR count). The van der Waals surface area contributed by atoms with Gasteiger partial charge in [0.05, 0.1) is 6.04 Å². The summed E-state index contributed by atoms with van der Waals surface area (Å²) in [5.41, 5.74) is 4.29. The van der Waals surface area contributed by atoms with E-state index in [1.165, 1.54) is 22.5 Å². The predicted molar refractivity (Wildman–Crippen MR) is 91.8 cm³/mol. The lowest BCUT2D eigenvalue weighted by molar-refractivity contribution is -0.124. The van der Waals surface area contributed by atoms with Crippen molar-refractivity contribution in [2.75, 3.05) is 6.61 Å². The van der Waals surface area contributed by atoms with Crippen molar-refractivity contribution < 1.29 is 14.3 Å². The van der Waals surface area contributed by atoms with Crippen molar-refractivity contribution >= 4 is 23.2 Å². The van der Waals surface area contributed by atoms with E-state index in [0.29, 0.717) is 4.88 Å². The fraction of sp³-hybridized carbons (Fsp3) is 0.333. The molecule has 1 heterocycles. The molecular weight excluding hydrogens is 310 g/mol. The van der Waals surface area contributed by atoms with Crippen molar-refractivity contribution in [2.45, 2.75) is 33.7 Å². The predicted octanol–water partition coefficient (Wildman–Crippen LogP) is 3.71. The van der Waals surface area contributed by atoms with E-state index in [0.717, 1.165) is 11.1 Å². The Kier molecular flexibility index (Phi) is 5.55. The van der Waals surface area contributed by atoms with Gasteiger partial charge in [-0.3, -0.25) is 4.79 Å². The average molecular weight is 331 g/mol. The maximum Gasteiger partial charge on any atom is 0.349 e. The van der Waals surface area contributed by atoms with Crippen molar-refractivity contribution in [3.63, 3.8) is 0 Å². The number of carbonyl (C=O) groups is 2. The number of carbonyl (C=O) groups excluding carboxylic acids is 2. The summed E-state index contributed by atoms with van der Waals surface area (Å²) in [7, 11) is 0. The Balaban J connectivity index is 1.88. The van der Waals surface area contributed by atoms with Crippen LogP contribution in [0.4, 0.5) is 0 Å². The number of aryl methyl sites for hydroxylation is 3. The third-order valence-electron chi connectivity index (χ3n) is 3.79. The van der Waals surface area contributed by atoms with Crippen LogP contribution in [0.5, 0.6) is 0 Å². The van der Waals surface area contributed by atoms with E-state index < -0.39 is 5.97 Å². The monoisotopic (exact) mass is 331 g/mol. The first-order valence-corrected chi connectivity index (χ1v) is 8.34. The summed E-state index contributed by atoms with van der Waals surface area (Å²) in [4.78, 5) is 24.4. The molecule has 4 nitrogen and oxygen atoms in total. The Hall–Kier alpha value is -2.14. The number of esters is 1. The molecule has 1 atom stereocenters. The second kappa shape index (κ2) is 7.42. The van der Waals surface area contributed by atoms with E-state index in [9.17, 15) is 9.59 Å². The van der Waals surface area contributed by atoms with Gasteiger partial charge < -0.3 is 10.1 Å². The van der Waals surface area contributed by atoms with Crippen LogP contribution in [0.1, 0.15) is 44.9 Å². The van der Waals surface area contributed by atoms with Crippen LogP contribution in [0.15, 0.2) is 29.6 Å². The molecule has 1 unspecified atom stereocenters. The van der Waals surface area contributed by atoms with Gasteiger partial charge in [-0.2, -0.15) is 0 Å². The number of hydrogen-bond donors (Lipinski definition) is 1. The molecule has 23 heavy (non-hydrogen) atoms. The molecule has 2 aromatic rings. The van der Waals surface area contributed by atoms with E-state index in [4.69, 9.17) is 4.74 Å². The molecule has 1 N–H and O–H groups in total. The first-order valence-electron chi connectivity index (χ1n) is 7.46.